The molecule has 0 fully saturated rings. The van der Waals surface area contributed by atoms with Crippen molar-refractivity contribution in [2.45, 2.75) is 6.04 Å². The second-order valence-corrected chi connectivity index (χ2v) is 4.05. The molecule has 5 nitrogen and oxygen atoms in total. The van der Waals surface area contributed by atoms with Crippen LogP contribution in [0.5, 0.6) is 0 Å². The van der Waals surface area contributed by atoms with Gasteiger partial charge < -0.3 is 5.32 Å². The molecular weight excluding hydrogens is 226 g/mol. The smallest absolute Gasteiger partial charge is 0.145 e. The Hall–Kier alpha value is -2.27. The second kappa shape index (κ2) is 4.54. The normalized spacial score (nSPS) is 12.7. The summed E-state index contributed by atoms with van der Waals surface area (Å²) in [6.45, 7) is 0. The molecule has 2 heterocycles. The lowest BCUT2D eigenvalue weighted by molar-refractivity contribution is 0.650. The molecule has 0 saturated heterocycles. The van der Waals surface area contributed by atoms with Crippen LogP contribution in [0.25, 0.3) is 10.9 Å². The molecule has 0 amide bonds. The fourth-order valence-electron chi connectivity index (χ4n) is 2.08. The molecule has 1 aromatic carbocycles. The van der Waals surface area contributed by atoms with Gasteiger partial charge in [-0.05, 0) is 24.7 Å². The molecule has 5 heteroatoms. The molecule has 90 valence electrons. The minimum absolute atomic E-state index is 0.00101. The van der Waals surface area contributed by atoms with Gasteiger partial charge in [-0.15, -0.1) is 0 Å². The van der Waals surface area contributed by atoms with E-state index < -0.39 is 0 Å². The van der Waals surface area contributed by atoms with Gasteiger partial charge in [-0.25, -0.2) is 4.98 Å². The van der Waals surface area contributed by atoms with E-state index in [2.05, 4.69) is 49.7 Å². The summed E-state index contributed by atoms with van der Waals surface area (Å²) in [4.78, 5) is 8.56. The van der Waals surface area contributed by atoms with Crippen molar-refractivity contribution in [3.05, 3.63) is 54.2 Å². The number of nitrogens with one attached hydrogen (secondary N) is 2. The highest BCUT2D eigenvalue weighted by molar-refractivity contribution is 5.79. The van der Waals surface area contributed by atoms with E-state index in [0.29, 0.717) is 0 Å². The highest BCUT2D eigenvalue weighted by Crippen LogP contribution is 2.21. The third kappa shape index (κ3) is 1.84. The maximum atomic E-state index is 4.37. The van der Waals surface area contributed by atoms with Crippen LogP contribution in [0, 0.1) is 0 Å². The second-order valence-electron chi connectivity index (χ2n) is 4.05. The Morgan fingerprint density at radius 3 is 2.94 bits per heavy atom. The third-order valence-electron chi connectivity index (χ3n) is 2.96. The number of pyridine rings is 1. The largest absolute Gasteiger partial charge is 0.307 e. The zero-order valence-electron chi connectivity index (χ0n) is 9.96. The van der Waals surface area contributed by atoms with Crippen LogP contribution < -0.4 is 5.32 Å². The van der Waals surface area contributed by atoms with Crippen molar-refractivity contribution in [1.82, 2.24) is 25.5 Å². The van der Waals surface area contributed by atoms with Crippen molar-refractivity contribution in [1.29, 1.82) is 0 Å². The summed E-state index contributed by atoms with van der Waals surface area (Å²) >= 11 is 0. The van der Waals surface area contributed by atoms with Crippen LogP contribution in [0.3, 0.4) is 0 Å². The topological polar surface area (TPSA) is 66.5 Å². The average Bonchev–Trinajstić information content (AvgIpc) is 2.93. The van der Waals surface area contributed by atoms with Crippen LogP contribution in [0.15, 0.2) is 42.9 Å². The summed E-state index contributed by atoms with van der Waals surface area (Å²) in [7, 11) is 1.90. The Morgan fingerprint density at radius 1 is 1.22 bits per heavy atom. The first-order valence-electron chi connectivity index (χ1n) is 5.75. The Kier molecular flexibility index (Phi) is 2.74. The SMILES string of the molecule is CNC(c1ccc2cccnc2c1)c1ncn[nH]1. The fourth-order valence-corrected chi connectivity index (χ4v) is 2.08. The van der Waals surface area contributed by atoms with Crippen LogP contribution >= 0.6 is 0 Å². The van der Waals surface area contributed by atoms with E-state index in [-0.39, 0.29) is 6.04 Å². The number of aromatic nitrogens is 4. The van der Waals surface area contributed by atoms with Crippen molar-refractivity contribution < 1.29 is 0 Å². The lowest BCUT2D eigenvalue weighted by Gasteiger charge is -2.14. The van der Waals surface area contributed by atoms with E-state index in [1.807, 2.05) is 13.1 Å². The van der Waals surface area contributed by atoms with E-state index in [9.17, 15) is 0 Å². The predicted octanol–water partition coefficient (Wildman–Crippen LogP) is 1.66. The van der Waals surface area contributed by atoms with Crippen molar-refractivity contribution in [2.75, 3.05) is 7.05 Å². The number of H-pyrrole nitrogens is 1. The molecule has 0 aliphatic heterocycles. The van der Waals surface area contributed by atoms with E-state index in [4.69, 9.17) is 0 Å². The van der Waals surface area contributed by atoms with Crippen LogP contribution in [-0.2, 0) is 0 Å². The van der Waals surface area contributed by atoms with Gasteiger partial charge in [-0.1, -0.05) is 18.2 Å². The van der Waals surface area contributed by atoms with E-state index in [1.165, 1.54) is 6.33 Å². The zero-order valence-corrected chi connectivity index (χ0v) is 9.96. The Balaban J connectivity index is 2.07. The third-order valence-corrected chi connectivity index (χ3v) is 2.96. The van der Waals surface area contributed by atoms with Gasteiger partial charge in [0, 0.05) is 11.6 Å². The highest BCUT2D eigenvalue weighted by Gasteiger charge is 2.14. The molecule has 0 saturated carbocycles. The van der Waals surface area contributed by atoms with Gasteiger partial charge in [-0.2, -0.15) is 5.10 Å². The molecule has 0 radical (unpaired) electrons. The summed E-state index contributed by atoms with van der Waals surface area (Å²) < 4.78 is 0. The minimum Gasteiger partial charge on any atom is -0.307 e. The van der Waals surface area contributed by atoms with Crippen LogP contribution in [0.4, 0.5) is 0 Å². The number of fused-ring (bicyclic) bond motifs is 1. The number of hydrogen-bond acceptors (Lipinski definition) is 4. The monoisotopic (exact) mass is 239 g/mol. The van der Waals surface area contributed by atoms with Crippen LogP contribution in [-0.4, -0.2) is 27.2 Å². The molecule has 2 N–H and O–H groups in total. The number of nitrogens with zero attached hydrogens (tertiary/aromatic N) is 3. The quantitative estimate of drug-likeness (QED) is 0.729. The Morgan fingerprint density at radius 2 is 2.17 bits per heavy atom. The predicted molar refractivity (Wildman–Crippen MR) is 69.0 cm³/mol. The number of rotatable bonds is 3. The highest BCUT2D eigenvalue weighted by atomic mass is 15.2. The van der Waals surface area contributed by atoms with Gasteiger partial charge in [0.25, 0.3) is 0 Å². The molecule has 0 aliphatic carbocycles. The lowest BCUT2D eigenvalue weighted by Crippen LogP contribution is -2.19. The van der Waals surface area contributed by atoms with Gasteiger partial charge in [0.15, 0.2) is 0 Å². The molecule has 0 bridgehead atoms. The average molecular weight is 239 g/mol. The van der Waals surface area contributed by atoms with Gasteiger partial charge in [-0.3, -0.25) is 10.1 Å². The summed E-state index contributed by atoms with van der Waals surface area (Å²) in [5.41, 5.74) is 2.09. The molecule has 1 atom stereocenters. The fraction of sp³-hybridized carbons (Fsp3) is 0.154. The maximum absolute atomic E-state index is 4.37. The van der Waals surface area contributed by atoms with E-state index >= 15 is 0 Å². The first kappa shape index (κ1) is 10.9. The number of hydrogen-bond donors (Lipinski definition) is 2. The maximum Gasteiger partial charge on any atom is 0.145 e. The first-order valence-corrected chi connectivity index (χ1v) is 5.75. The standard InChI is InChI=1S/C13H13N5/c1-14-12(13-16-8-17-18-13)10-5-4-9-3-2-6-15-11(9)7-10/h2-8,12,14H,1H3,(H,16,17,18). The summed E-state index contributed by atoms with van der Waals surface area (Å²) in [5, 5.41) is 11.1. The van der Waals surface area contributed by atoms with Gasteiger partial charge >= 0.3 is 0 Å². The van der Waals surface area contributed by atoms with Crippen molar-refractivity contribution >= 4 is 10.9 Å². The minimum atomic E-state index is -0.00101. The molecule has 0 aliphatic rings. The Labute approximate surface area is 104 Å². The van der Waals surface area contributed by atoms with Gasteiger partial charge in [0.2, 0.25) is 0 Å². The molecule has 0 spiro atoms. The molecular formula is C13H13N5. The lowest BCUT2D eigenvalue weighted by atomic mass is 10.0. The number of benzene rings is 1. The summed E-state index contributed by atoms with van der Waals surface area (Å²) in [6, 6.07) is 10.2. The Bertz CT molecular complexity index is 647. The van der Waals surface area contributed by atoms with Crippen molar-refractivity contribution in [2.24, 2.45) is 0 Å². The van der Waals surface area contributed by atoms with Gasteiger partial charge in [0.1, 0.15) is 12.2 Å². The molecule has 3 rings (SSSR count). The number of aromatic amines is 1. The van der Waals surface area contributed by atoms with Crippen molar-refractivity contribution in [3.63, 3.8) is 0 Å². The van der Waals surface area contributed by atoms with Gasteiger partial charge in [0.05, 0.1) is 11.6 Å². The molecule has 3 aromatic rings. The van der Waals surface area contributed by atoms with Crippen LogP contribution in [0.2, 0.25) is 0 Å². The van der Waals surface area contributed by atoms with Crippen LogP contribution in [0.1, 0.15) is 17.4 Å². The first-order chi connectivity index (χ1) is 8.88. The summed E-state index contributed by atoms with van der Waals surface area (Å²) in [5.74, 6) is 0.799. The van der Waals surface area contributed by atoms with E-state index in [1.54, 1.807) is 6.20 Å². The summed E-state index contributed by atoms with van der Waals surface area (Å²) in [6.07, 6.45) is 3.31. The molecule has 18 heavy (non-hydrogen) atoms. The molecule has 1 unspecified atom stereocenters. The van der Waals surface area contributed by atoms with Crippen molar-refractivity contribution in [3.8, 4) is 0 Å². The molecule has 2 aromatic heterocycles. The zero-order chi connectivity index (χ0) is 12.4. The van der Waals surface area contributed by atoms with E-state index in [0.717, 1.165) is 22.3 Å².